The highest BCUT2D eigenvalue weighted by Gasteiger charge is 2.55. The minimum Gasteiger partial charge on any atom is -0.364 e. The first-order valence-electron chi connectivity index (χ1n) is 12.5. The third-order valence-electron chi connectivity index (χ3n) is 8.14. The number of likely N-dealkylation sites (tertiary alicyclic amines) is 1. The Labute approximate surface area is 203 Å². The Balaban J connectivity index is 1.15. The molecular weight excluding hydrogens is 442 g/mol. The van der Waals surface area contributed by atoms with Crippen LogP contribution in [-0.4, -0.2) is 49.3 Å². The van der Waals surface area contributed by atoms with Gasteiger partial charge in [-0.25, -0.2) is 0 Å². The van der Waals surface area contributed by atoms with Gasteiger partial charge in [-0.05, 0) is 61.5 Å². The maximum Gasteiger partial charge on any atom is 0.269 e. The average molecular weight is 472 g/mol. The molecule has 2 aliphatic carbocycles. The molecule has 3 heterocycles. The minimum absolute atomic E-state index is 0.0397. The first-order valence-corrected chi connectivity index (χ1v) is 12.5. The van der Waals surface area contributed by atoms with Crippen LogP contribution in [0.15, 0.2) is 48.8 Å². The summed E-state index contributed by atoms with van der Waals surface area (Å²) in [5.74, 6) is 0.728. The molecule has 0 spiro atoms. The number of Topliss-reactive ketones (excluding diaryl/α,β-unsaturated/α-hetero) is 1. The average Bonchev–Trinajstić information content (AvgIpc) is 3.20. The lowest BCUT2D eigenvalue weighted by Gasteiger charge is -2.27. The molecule has 2 amide bonds. The molecule has 3 fully saturated rings. The Kier molecular flexibility index (Phi) is 5.39. The molecule has 5 atom stereocenters. The molecule has 0 radical (unpaired) electrons. The van der Waals surface area contributed by atoms with Crippen molar-refractivity contribution in [3.63, 3.8) is 0 Å². The maximum atomic E-state index is 13.4. The predicted molar refractivity (Wildman–Crippen MR) is 129 cm³/mol. The van der Waals surface area contributed by atoms with Crippen LogP contribution in [0.3, 0.4) is 0 Å². The molecule has 3 aliphatic rings. The van der Waals surface area contributed by atoms with Gasteiger partial charge in [0.1, 0.15) is 6.54 Å². The summed E-state index contributed by atoms with van der Waals surface area (Å²) in [6.07, 6.45) is 8.62. The Morgan fingerprint density at radius 2 is 1.86 bits per heavy atom. The normalized spacial score (nSPS) is 27.2. The van der Waals surface area contributed by atoms with Crippen LogP contribution in [-0.2, 0) is 16.1 Å². The predicted octanol–water partition coefficient (Wildman–Crippen LogP) is 3.06. The van der Waals surface area contributed by atoms with Crippen molar-refractivity contribution in [3.05, 3.63) is 60.0 Å². The fraction of sp³-hybridized carbons (Fsp3) is 0.444. The zero-order chi connectivity index (χ0) is 24.1. The van der Waals surface area contributed by atoms with E-state index in [0.717, 1.165) is 32.1 Å². The van der Waals surface area contributed by atoms with Gasteiger partial charge in [0, 0.05) is 24.0 Å². The van der Waals surface area contributed by atoms with Gasteiger partial charge in [0.15, 0.2) is 11.5 Å². The molecule has 1 unspecified atom stereocenters. The van der Waals surface area contributed by atoms with Crippen LogP contribution < -0.4 is 5.73 Å². The number of hydrogen-bond donors (Lipinski definition) is 1. The molecule has 3 aromatic rings. The van der Waals surface area contributed by atoms with Gasteiger partial charge in [0.2, 0.25) is 5.91 Å². The molecule has 180 valence electrons. The van der Waals surface area contributed by atoms with E-state index in [1.54, 1.807) is 18.5 Å². The van der Waals surface area contributed by atoms with Gasteiger partial charge < -0.3 is 10.6 Å². The summed E-state index contributed by atoms with van der Waals surface area (Å²) in [6.45, 7) is -0.0397. The number of primary amides is 1. The summed E-state index contributed by atoms with van der Waals surface area (Å²) in [5, 5.41) is 4.88. The molecular formula is C27H29N5O3. The van der Waals surface area contributed by atoms with E-state index in [1.807, 2.05) is 11.0 Å². The lowest BCUT2D eigenvalue weighted by Crippen LogP contribution is -2.45. The largest absolute Gasteiger partial charge is 0.364 e. The second kappa shape index (κ2) is 8.59. The first-order chi connectivity index (χ1) is 17.0. The van der Waals surface area contributed by atoms with Crippen molar-refractivity contribution in [1.29, 1.82) is 0 Å². The van der Waals surface area contributed by atoms with Crippen molar-refractivity contribution in [1.82, 2.24) is 19.7 Å². The maximum absolute atomic E-state index is 13.4. The van der Waals surface area contributed by atoms with Crippen molar-refractivity contribution in [2.45, 2.75) is 63.1 Å². The molecule has 2 saturated carbocycles. The van der Waals surface area contributed by atoms with Gasteiger partial charge in [-0.3, -0.25) is 24.0 Å². The molecule has 1 saturated heterocycles. The highest BCUT2D eigenvalue weighted by Crippen LogP contribution is 2.49. The highest BCUT2D eigenvalue weighted by atomic mass is 16.2. The van der Waals surface area contributed by atoms with Crippen molar-refractivity contribution in [3.8, 4) is 0 Å². The number of ketones is 1. The summed E-state index contributed by atoms with van der Waals surface area (Å²) in [7, 11) is 0. The lowest BCUT2D eigenvalue weighted by atomic mass is 9.92. The zero-order valence-electron chi connectivity index (χ0n) is 19.5. The van der Waals surface area contributed by atoms with E-state index in [2.05, 4.69) is 34.3 Å². The number of aromatic nitrogens is 3. The van der Waals surface area contributed by atoms with E-state index >= 15 is 0 Å². The van der Waals surface area contributed by atoms with E-state index in [0.29, 0.717) is 35.1 Å². The number of rotatable bonds is 7. The molecule has 8 heteroatoms. The molecule has 1 aliphatic heterocycles. The van der Waals surface area contributed by atoms with Crippen LogP contribution in [0.1, 0.15) is 60.5 Å². The van der Waals surface area contributed by atoms with Gasteiger partial charge in [-0.1, -0.05) is 30.3 Å². The van der Waals surface area contributed by atoms with E-state index in [4.69, 9.17) is 5.73 Å². The first kappa shape index (κ1) is 21.9. The van der Waals surface area contributed by atoms with Crippen molar-refractivity contribution >= 4 is 28.5 Å². The molecule has 0 bridgehead atoms. The van der Waals surface area contributed by atoms with Gasteiger partial charge >= 0.3 is 0 Å². The molecule has 2 aromatic heterocycles. The molecule has 35 heavy (non-hydrogen) atoms. The number of carbonyl (C=O) groups excluding carboxylic acids is 3. The summed E-state index contributed by atoms with van der Waals surface area (Å²) >= 11 is 0. The van der Waals surface area contributed by atoms with Crippen LogP contribution in [0.2, 0.25) is 0 Å². The number of amides is 2. The fourth-order valence-corrected chi connectivity index (χ4v) is 6.34. The lowest BCUT2D eigenvalue weighted by molar-refractivity contribution is -0.139. The van der Waals surface area contributed by atoms with Gasteiger partial charge in [0.05, 0.1) is 17.8 Å². The number of fused-ring (bicyclic) bond motifs is 2. The van der Waals surface area contributed by atoms with Gasteiger partial charge in [0.25, 0.3) is 5.91 Å². The third kappa shape index (κ3) is 4.00. The van der Waals surface area contributed by atoms with E-state index in [-0.39, 0.29) is 36.0 Å². The minimum atomic E-state index is -0.644. The van der Waals surface area contributed by atoms with Gasteiger partial charge in [-0.15, -0.1) is 0 Å². The van der Waals surface area contributed by atoms with Crippen LogP contribution in [0, 0.1) is 11.8 Å². The van der Waals surface area contributed by atoms with E-state index in [1.165, 1.54) is 10.2 Å². The monoisotopic (exact) mass is 471 g/mol. The summed E-state index contributed by atoms with van der Waals surface area (Å²) < 4.78 is 1.49. The van der Waals surface area contributed by atoms with Crippen LogP contribution in [0.5, 0.6) is 0 Å². The fourth-order valence-electron chi connectivity index (χ4n) is 6.34. The number of nitrogens with zero attached hydrogens (tertiary/aromatic N) is 4. The SMILES string of the molecule is NC(=O)c1nn(CC(=O)N2[C@@H]3C[C@@H]3C[C@H]2C(=O)CC2CC[C@@H](c3ccccc3)C2)c2cnccc12. The summed E-state index contributed by atoms with van der Waals surface area (Å²) in [4.78, 5) is 44.6. The van der Waals surface area contributed by atoms with E-state index < -0.39 is 5.91 Å². The summed E-state index contributed by atoms with van der Waals surface area (Å²) in [6, 6.07) is 12.0. The third-order valence-corrected chi connectivity index (χ3v) is 8.14. The van der Waals surface area contributed by atoms with Crippen LogP contribution >= 0.6 is 0 Å². The molecule has 6 rings (SSSR count). The summed E-state index contributed by atoms with van der Waals surface area (Å²) in [5.41, 5.74) is 7.56. The number of hydrogen-bond acceptors (Lipinski definition) is 5. The van der Waals surface area contributed by atoms with Crippen molar-refractivity contribution in [2.24, 2.45) is 17.6 Å². The molecule has 8 nitrogen and oxygen atoms in total. The quantitative estimate of drug-likeness (QED) is 0.569. The number of nitrogens with two attached hydrogens (primary N) is 1. The highest BCUT2D eigenvalue weighted by molar-refractivity contribution is 6.04. The Morgan fingerprint density at radius 1 is 1.03 bits per heavy atom. The Bertz CT molecular complexity index is 1300. The second-order valence-corrected chi connectivity index (χ2v) is 10.3. The number of benzene rings is 1. The topological polar surface area (TPSA) is 111 Å². The van der Waals surface area contributed by atoms with E-state index in [9.17, 15) is 14.4 Å². The number of carbonyl (C=O) groups is 3. The smallest absolute Gasteiger partial charge is 0.269 e. The second-order valence-electron chi connectivity index (χ2n) is 10.3. The van der Waals surface area contributed by atoms with Crippen molar-refractivity contribution in [2.75, 3.05) is 0 Å². The number of pyridine rings is 1. The molecule has 1 aromatic carbocycles. The Hall–Kier alpha value is -3.55. The van der Waals surface area contributed by atoms with Gasteiger partial charge in [-0.2, -0.15) is 5.10 Å². The van der Waals surface area contributed by atoms with Crippen molar-refractivity contribution < 1.29 is 14.4 Å². The van der Waals surface area contributed by atoms with Crippen LogP contribution in [0.25, 0.3) is 10.9 Å². The Morgan fingerprint density at radius 3 is 2.66 bits per heavy atom. The molecule has 2 N–H and O–H groups in total. The number of piperidine rings is 1. The van der Waals surface area contributed by atoms with Crippen LogP contribution in [0.4, 0.5) is 0 Å². The standard InChI is InChI=1S/C27H29N5O3/c28-27(35)26-20-8-9-29-14-23(20)31(30-26)15-25(34)32-21-12-19(21)13-22(32)24(33)11-16-6-7-18(10-16)17-4-2-1-3-5-17/h1-5,8-9,14,16,18-19,21-22H,6-7,10-13,15H2,(H2,28,35)/t16?,18-,19-,21-,22+/m1/s1. The zero-order valence-corrected chi connectivity index (χ0v) is 19.5.